The molecule has 0 atom stereocenters. The predicted octanol–water partition coefficient (Wildman–Crippen LogP) is 2.46. The third-order valence-corrected chi connectivity index (χ3v) is 3.67. The summed E-state index contributed by atoms with van der Waals surface area (Å²) in [4.78, 5) is 0. The highest BCUT2D eigenvalue weighted by Gasteiger charge is 2.15. The van der Waals surface area contributed by atoms with E-state index in [-0.39, 0.29) is 12.0 Å². The Morgan fingerprint density at radius 1 is 1.21 bits per heavy atom. The molecule has 3 heteroatoms. The fraction of sp³-hybridized carbons (Fsp3) is 0.625. The molecule has 19 heavy (non-hydrogen) atoms. The minimum atomic E-state index is -0.0507. The molecule has 0 unspecified atom stereocenters. The van der Waals surface area contributed by atoms with Crippen LogP contribution in [0, 0.1) is 19.3 Å². The number of benzene rings is 1. The standard InChI is InChI=1S/C16H27NO2/c1-12-13(2)15(19-5)7-6-14(12)8-9-17-10-16(3,4)11-18/h6-7,17-18H,8-11H2,1-5H3. The first-order valence-electron chi connectivity index (χ1n) is 6.86. The summed E-state index contributed by atoms with van der Waals surface area (Å²) in [6.45, 7) is 10.3. The molecule has 0 heterocycles. The minimum absolute atomic E-state index is 0.0507. The van der Waals surface area contributed by atoms with Gasteiger partial charge in [-0.2, -0.15) is 0 Å². The van der Waals surface area contributed by atoms with Crippen molar-refractivity contribution in [2.45, 2.75) is 34.1 Å². The van der Waals surface area contributed by atoms with Crippen LogP contribution >= 0.6 is 0 Å². The highest BCUT2D eigenvalue weighted by Crippen LogP contribution is 2.24. The predicted molar refractivity (Wildman–Crippen MR) is 79.9 cm³/mol. The number of ether oxygens (including phenoxy) is 1. The molecule has 0 amide bonds. The van der Waals surface area contributed by atoms with Crippen LogP contribution in [-0.4, -0.2) is 31.9 Å². The van der Waals surface area contributed by atoms with E-state index in [1.807, 2.05) is 6.07 Å². The van der Waals surface area contributed by atoms with Gasteiger partial charge in [0, 0.05) is 18.6 Å². The molecule has 2 N–H and O–H groups in total. The SMILES string of the molecule is COc1ccc(CCNCC(C)(C)CO)c(C)c1C. The topological polar surface area (TPSA) is 41.5 Å². The molecule has 0 aliphatic carbocycles. The molecule has 0 saturated carbocycles. The Balaban J connectivity index is 2.53. The average molecular weight is 265 g/mol. The molecule has 108 valence electrons. The van der Waals surface area contributed by atoms with E-state index in [0.717, 1.165) is 25.3 Å². The van der Waals surface area contributed by atoms with E-state index in [4.69, 9.17) is 4.74 Å². The molecule has 0 radical (unpaired) electrons. The van der Waals surface area contributed by atoms with Crippen LogP contribution in [-0.2, 0) is 6.42 Å². The van der Waals surface area contributed by atoms with E-state index in [1.165, 1.54) is 16.7 Å². The van der Waals surface area contributed by atoms with Crippen molar-refractivity contribution >= 4 is 0 Å². The van der Waals surface area contributed by atoms with Gasteiger partial charge < -0.3 is 15.2 Å². The van der Waals surface area contributed by atoms with Crippen molar-refractivity contribution in [2.75, 3.05) is 26.8 Å². The lowest BCUT2D eigenvalue weighted by Gasteiger charge is -2.22. The van der Waals surface area contributed by atoms with E-state index in [2.05, 4.69) is 39.1 Å². The monoisotopic (exact) mass is 265 g/mol. The van der Waals surface area contributed by atoms with Gasteiger partial charge in [-0.3, -0.25) is 0 Å². The maximum absolute atomic E-state index is 9.19. The average Bonchev–Trinajstić information content (AvgIpc) is 2.39. The summed E-state index contributed by atoms with van der Waals surface area (Å²) in [5, 5.41) is 12.6. The molecule has 0 aliphatic rings. The largest absolute Gasteiger partial charge is 0.496 e. The Hall–Kier alpha value is -1.06. The molecule has 0 saturated heterocycles. The third kappa shape index (κ3) is 4.51. The Labute approximate surface area is 117 Å². The summed E-state index contributed by atoms with van der Waals surface area (Å²) < 4.78 is 5.32. The van der Waals surface area contributed by atoms with Crippen molar-refractivity contribution in [3.63, 3.8) is 0 Å². The fourth-order valence-corrected chi connectivity index (χ4v) is 2.05. The van der Waals surface area contributed by atoms with Gasteiger partial charge in [-0.1, -0.05) is 19.9 Å². The lowest BCUT2D eigenvalue weighted by atomic mass is 9.95. The van der Waals surface area contributed by atoms with Crippen molar-refractivity contribution in [1.29, 1.82) is 0 Å². The quantitative estimate of drug-likeness (QED) is 0.744. The summed E-state index contributed by atoms with van der Waals surface area (Å²) in [5.74, 6) is 0.954. The van der Waals surface area contributed by atoms with Crippen LogP contribution in [0.25, 0.3) is 0 Å². The zero-order valence-electron chi connectivity index (χ0n) is 12.8. The molecular weight excluding hydrogens is 238 g/mol. The number of hydrogen-bond acceptors (Lipinski definition) is 3. The van der Waals surface area contributed by atoms with E-state index in [0.29, 0.717) is 0 Å². The lowest BCUT2D eigenvalue weighted by molar-refractivity contribution is 0.157. The lowest BCUT2D eigenvalue weighted by Crippen LogP contribution is -2.33. The summed E-state index contributed by atoms with van der Waals surface area (Å²) in [6, 6.07) is 4.18. The number of aliphatic hydroxyl groups excluding tert-OH is 1. The zero-order chi connectivity index (χ0) is 14.5. The van der Waals surface area contributed by atoms with Gasteiger partial charge in [-0.05, 0) is 49.6 Å². The summed E-state index contributed by atoms with van der Waals surface area (Å²) in [5.41, 5.74) is 3.83. The van der Waals surface area contributed by atoms with Crippen LogP contribution in [0.3, 0.4) is 0 Å². The second-order valence-electron chi connectivity index (χ2n) is 5.93. The van der Waals surface area contributed by atoms with E-state index in [9.17, 15) is 5.11 Å². The highest BCUT2D eigenvalue weighted by molar-refractivity contribution is 5.43. The van der Waals surface area contributed by atoms with Gasteiger partial charge in [0.25, 0.3) is 0 Å². The van der Waals surface area contributed by atoms with Crippen molar-refractivity contribution in [3.05, 3.63) is 28.8 Å². The van der Waals surface area contributed by atoms with Crippen LogP contribution in [0.5, 0.6) is 5.75 Å². The molecule has 0 aromatic heterocycles. The second kappa shape index (κ2) is 6.92. The first-order chi connectivity index (χ1) is 8.91. The number of aliphatic hydroxyl groups is 1. The summed E-state index contributed by atoms with van der Waals surface area (Å²) in [6.07, 6.45) is 0.998. The third-order valence-electron chi connectivity index (χ3n) is 3.67. The van der Waals surface area contributed by atoms with E-state index >= 15 is 0 Å². The van der Waals surface area contributed by atoms with Crippen molar-refractivity contribution in [3.8, 4) is 5.75 Å². The van der Waals surface area contributed by atoms with Crippen molar-refractivity contribution in [2.24, 2.45) is 5.41 Å². The molecule has 1 aromatic carbocycles. The summed E-state index contributed by atoms with van der Waals surface area (Å²) in [7, 11) is 1.71. The van der Waals surface area contributed by atoms with Crippen molar-refractivity contribution in [1.82, 2.24) is 5.32 Å². The van der Waals surface area contributed by atoms with Gasteiger partial charge >= 0.3 is 0 Å². The molecular formula is C16H27NO2. The summed E-state index contributed by atoms with van der Waals surface area (Å²) >= 11 is 0. The fourth-order valence-electron chi connectivity index (χ4n) is 2.05. The molecule has 0 fully saturated rings. The van der Waals surface area contributed by atoms with Gasteiger partial charge in [0.1, 0.15) is 5.75 Å². The van der Waals surface area contributed by atoms with Gasteiger partial charge in [0.2, 0.25) is 0 Å². The Morgan fingerprint density at radius 2 is 1.89 bits per heavy atom. The van der Waals surface area contributed by atoms with E-state index in [1.54, 1.807) is 7.11 Å². The van der Waals surface area contributed by atoms with E-state index < -0.39 is 0 Å². The van der Waals surface area contributed by atoms with Crippen LogP contribution in [0.15, 0.2) is 12.1 Å². The first kappa shape index (κ1) is 16.0. The molecule has 3 nitrogen and oxygen atoms in total. The maximum Gasteiger partial charge on any atom is 0.122 e. The Morgan fingerprint density at radius 3 is 2.47 bits per heavy atom. The normalized spacial score (nSPS) is 11.7. The van der Waals surface area contributed by atoms with Crippen molar-refractivity contribution < 1.29 is 9.84 Å². The van der Waals surface area contributed by atoms with Crippen LogP contribution in [0.4, 0.5) is 0 Å². The number of rotatable bonds is 7. The second-order valence-corrected chi connectivity index (χ2v) is 5.93. The zero-order valence-corrected chi connectivity index (χ0v) is 12.8. The minimum Gasteiger partial charge on any atom is -0.496 e. The number of nitrogens with one attached hydrogen (secondary N) is 1. The highest BCUT2D eigenvalue weighted by atomic mass is 16.5. The van der Waals surface area contributed by atoms with Crippen LogP contribution in [0.2, 0.25) is 0 Å². The van der Waals surface area contributed by atoms with Gasteiger partial charge in [-0.25, -0.2) is 0 Å². The maximum atomic E-state index is 9.19. The molecule has 1 rings (SSSR count). The van der Waals surface area contributed by atoms with Crippen LogP contribution in [0.1, 0.15) is 30.5 Å². The molecule has 0 aliphatic heterocycles. The smallest absolute Gasteiger partial charge is 0.122 e. The molecule has 1 aromatic rings. The molecule has 0 bridgehead atoms. The first-order valence-corrected chi connectivity index (χ1v) is 6.86. The number of methoxy groups -OCH3 is 1. The van der Waals surface area contributed by atoms with Gasteiger partial charge in [-0.15, -0.1) is 0 Å². The molecule has 0 spiro atoms. The Bertz CT molecular complexity index is 413. The number of hydrogen-bond donors (Lipinski definition) is 2. The van der Waals surface area contributed by atoms with Crippen LogP contribution < -0.4 is 10.1 Å². The Kier molecular flexibility index (Phi) is 5.83. The van der Waals surface area contributed by atoms with Gasteiger partial charge in [0.15, 0.2) is 0 Å². The van der Waals surface area contributed by atoms with Gasteiger partial charge in [0.05, 0.1) is 7.11 Å².